The van der Waals surface area contributed by atoms with Gasteiger partial charge < -0.3 is 9.64 Å². The van der Waals surface area contributed by atoms with Crippen molar-refractivity contribution in [2.75, 3.05) is 11.4 Å². The Kier molecular flexibility index (Phi) is 6.34. The van der Waals surface area contributed by atoms with Crippen LogP contribution in [0.4, 0.5) is 5.69 Å². The zero-order valence-corrected chi connectivity index (χ0v) is 19.5. The molecular weight excluding hydrogens is 444 g/mol. The van der Waals surface area contributed by atoms with Crippen LogP contribution >= 0.6 is 0 Å². The van der Waals surface area contributed by atoms with E-state index in [4.69, 9.17) is 4.74 Å². The Morgan fingerprint density at radius 3 is 2.15 bits per heavy atom. The summed E-state index contributed by atoms with van der Waals surface area (Å²) in [5, 5.41) is 0. The fourth-order valence-electron chi connectivity index (χ4n) is 4.34. The van der Waals surface area contributed by atoms with Gasteiger partial charge in [-0.25, -0.2) is 13.1 Å². The molecule has 1 unspecified atom stereocenters. The normalized spacial score (nSPS) is 15.5. The lowest BCUT2D eigenvalue weighted by Crippen LogP contribution is -2.48. The van der Waals surface area contributed by atoms with Gasteiger partial charge in [0.1, 0.15) is 11.5 Å². The fourth-order valence-corrected chi connectivity index (χ4v) is 5.58. The second kappa shape index (κ2) is 9.71. The summed E-state index contributed by atoms with van der Waals surface area (Å²) in [4.78, 5) is 2.51. The van der Waals surface area contributed by atoms with Crippen molar-refractivity contribution in [3.05, 3.63) is 120 Å². The molecule has 0 amide bonds. The van der Waals surface area contributed by atoms with Crippen LogP contribution in [-0.4, -0.2) is 21.0 Å². The van der Waals surface area contributed by atoms with Crippen LogP contribution < -0.4 is 14.4 Å². The lowest BCUT2D eigenvalue weighted by Gasteiger charge is -2.36. The molecule has 1 aliphatic rings. The molecule has 1 N–H and O–H groups in total. The van der Waals surface area contributed by atoms with E-state index in [1.807, 2.05) is 66.7 Å². The lowest BCUT2D eigenvalue weighted by atomic mass is 9.97. The van der Waals surface area contributed by atoms with Gasteiger partial charge in [-0.3, -0.25) is 0 Å². The van der Waals surface area contributed by atoms with E-state index in [0.29, 0.717) is 19.5 Å². The van der Waals surface area contributed by atoms with Crippen molar-refractivity contribution in [2.45, 2.75) is 23.9 Å². The number of nitrogens with zero attached hydrogens (tertiary/aromatic N) is 1. The summed E-state index contributed by atoms with van der Waals surface area (Å²) in [5.74, 6) is 1.50. The highest BCUT2D eigenvalue weighted by molar-refractivity contribution is 7.89. The number of ether oxygens (including phenoxy) is 1. The SMILES string of the molecule is O=S(=O)(NC1Cc2cc(Oc3ccccc3)ccc2N(Cc2ccccc2)C1)c1ccccc1. The van der Waals surface area contributed by atoms with Crippen LogP contribution in [0, 0.1) is 0 Å². The molecule has 0 fully saturated rings. The van der Waals surface area contributed by atoms with E-state index >= 15 is 0 Å². The number of benzene rings is 4. The van der Waals surface area contributed by atoms with Crippen molar-refractivity contribution in [3.63, 3.8) is 0 Å². The molecule has 172 valence electrons. The first kappa shape index (κ1) is 22.2. The second-order valence-corrected chi connectivity index (χ2v) is 10.1. The van der Waals surface area contributed by atoms with Gasteiger partial charge in [0.2, 0.25) is 10.0 Å². The van der Waals surface area contributed by atoms with Crippen molar-refractivity contribution in [1.82, 2.24) is 4.72 Å². The minimum atomic E-state index is -3.63. The third kappa shape index (κ3) is 5.14. The summed E-state index contributed by atoms with van der Waals surface area (Å²) < 4.78 is 35.0. The molecule has 6 heteroatoms. The minimum Gasteiger partial charge on any atom is -0.457 e. The molecule has 34 heavy (non-hydrogen) atoms. The van der Waals surface area contributed by atoms with Crippen molar-refractivity contribution >= 4 is 15.7 Å². The van der Waals surface area contributed by atoms with Crippen LogP contribution in [0.2, 0.25) is 0 Å². The number of rotatable bonds is 7. The van der Waals surface area contributed by atoms with Crippen LogP contribution in [0.1, 0.15) is 11.1 Å². The van der Waals surface area contributed by atoms with E-state index < -0.39 is 10.0 Å². The predicted octanol–water partition coefficient (Wildman–Crippen LogP) is 5.39. The Labute approximate surface area is 200 Å². The van der Waals surface area contributed by atoms with E-state index in [0.717, 1.165) is 22.7 Å². The van der Waals surface area contributed by atoms with Gasteiger partial charge in [0, 0.05) is 24.8 Å². The van der Waals surface area contributed by atoms with E-state index in [1.54, 1.807) is 24.3 Å². The largest absolute Gasteiger partial charge is 0.457 e. The molecule has 0 aromatic heterocycles. The number of nitrogens with one attached hydrogen (secondary N) is 1. The Bertz CT molecular complexity index is 1340. The molecule has 0 saturated heterocycles. The topological polar surface area (TPSA) is 58.6 Å². The Hall–Kier alpha value is -3.61. The van der Waals surface area contributed by atoms with Crippen molar-refractivity contribution < 1.29 is 13.2 Å². The molecule has 4 aromatic carbocycles. The molecule has 1 atom stereocenters. The average molecular weight is 471 g/mol. The Balaban J connectivity index is 1.44. The smallest absolute Gasteiger partial charge is 0.240 e. The zero-order chi connectivity index (χ0) is 23.4. The van der Waals surface area contributed by atoms with E-state index in [-0.39, 0.29) is 10.9 Å². The van der Waals surface area contributed by atoms with Gasteiger partial charge in [0.15, 0.2) is 0 Å². The van der Waals surface area contributed by atoms with E-state index in [1.165, 1.54) is 5.56 Å². The summed E-state index contributed by atoms with van der Waals surface area (Å²) in [7, 11) is -3.63. The number of fused-ring (bicyclic) bond motifs is 1. The minimum absolute atomic E-state index is 0.270. The standard InChI is InChI=1S/C28H26N2O3S/c31-34(32,27-14-8-3-9-15-27)29-24-18-23-19-26(33-25-12-6-2-7-13-25)16-17-28(23)30(21-24)20-22-10-4-1-5-11-22/h1-17,19,24,29H,18,20-21H2. The van der Waals surface area contributed by atoms with E-state index in [2.05, 4.69) is 27.8 Å². The highest BCUT2D eigenvalue weighted by Crippen LogP contribution is 2.33. The molecule has 0 bridgehead atoms. The molecule has 0 radical (unpaired) electrons. The molecule has 4 aromatic rings. The Morgan fingerprint density at radius 1 is 0.794 bits per heavy atom. The first-order valence-corrected chi connectivity index (χ1v) is 12.8. The monoisotopic (exact) mass is 470 g/mol. The van der Waals surface area contributed by atoms with Gasteiger partial charge in [-0.05, 0) is 60.0 Å². The average Bonchev–Trinajstić information content (AvgIpc) is 2.85. The molecule has 5 nitrogen and oxygen atoms in total. The molecule has 0 saturated carbocycles. The maximum absolute atomic E-state index is 13.0. The third-order valence-corrected chi connectivity index (χ3v) is 7.41. The summed E-state index contributed by atoms with van der Waals surface area (Å²) in [6, 6.07) is 34.2. The number of anilines is 1. The lowest BCUT2D eigenvalue weighted by molar-refractivity contribution is 0.479. The molecule has 5 rings (SSSR count). The van der Waals surface area contributed by atoms with Crippen LogP contribution in [0.5, 0.6) is 11.5 Å². The van der Waals surface area contributed by atoms with Crippen LogP contribution in [0.25, 0.3) is 0 Å². The van der Waals surface area contributed by atoms with Gasteiger partial charge in [0.25, 0.3) is 0 Å². The second-order valence-electron chi connectivity index (χ2n) is 8.41. The number of para-hydroxylation sites is 1. The third-order valence-electron chi connectivity index (χ3n) is 5.87. The Morgan fingerprint density at radius 2 is 1.44 bits per heavy atom. The van der Waals surface area contributed by atoms with Gasteiger partial charge in [-0.2, -0.15) is 0 Å². The number of hydrogen-bond donors (Lipinski definition) is 1. The zero-order valence-electron chi connectivity index (χ0n) is 18.7. The maximum Gasteiger partial charge on any atom is 0.240 e. The predicted molar refractivity (Wildman–Crippen MR) is 135 cm³/mol. The van der Waals surface area contributed by atoms with Crippen LogP contribution in [-0.2, 0) is 23.0 Å². The highest BCUT2D eigenvalue weighted by Gasteiger charge is 2.29. The molecule has 0 aliphatic carbocycles. The summed E-state index contributed by atoms with van der Waals surface area (Å²) in [6.45, 7) is 1.27. The number of hydrogen-bond acceptors (Lipinski definition) is 4. The van der Waals surface area contributed by atoms with Crippen LogP contribution in [0.15, 0.2) is 114 Å². The quantitative estimate of drug-likeness (QED) is 0.394. The molecule has 0 spiro atoms. The summed E-state index contributed by atoms with van der Waals surface area (Å²) in [5.41, 5.74) is 3.32. The molecule has 1 heterocycles. The highest BCUT2D eigenvalue weighted by atomic mass is 32.2. The van der Waals surface area contributed by atoms with Crippen molar-refractivity contribution in [3.8, 4) is 11.5 Å². The van der Waals surface area contributed by atoms with Gasteiger partial charge >= 0.3 is 0 Å². The van der Waals surface area contributed by atoms with E-state index in [9.17, 15) is 8.42 Å². The maximum atomic E-state index is 13.0. The summed E-state index contributed by atoms with van der Waals surface area (Å²) in [6.07, 6.45) is 0.582. The molecule has 1 aliphatic heterocycles. The van der Waals surface area contributed by atoms with Crippen molar-refractivity contribution in [2.24, 2.45) is 0 Å². The fraction of sp³-hybridized carbons (Fsp3) is 0.143. The molecular formula is C28H26N2O3S. The van der Waals surface area contributed by atoms with Gasteiger partial charge in [-0.1, -0.05) is 66.7 Å². The first-order chi connectivity index (χ1) is 16.6. The van der Waals surface area contributed by atoms with Crippen molar-refractivity contribution in [1.29, 1.82) is 0 Å². The number of sulfonamides is 1. The van der Waals surface area contributed by atoms with Gasteiger partial charge in [0.05, 0.1) is 4.90 Å². The first-order valence-electron chi connectivity index (χ1n) is 11.3. The van der Waals surface area contributed by atoms with Gasteiger partial charge in [-0.15, -0.1) is 0 Å². The van der Waals surface area contributed by atoms with Crippen LogP contribution in [0.3, 0.4) is 0 Å². The summed E-state index contributed by atoms with van der Waals surface area (Å²) >= 11 is 0.